The van der Waals surface area contributed by atoms with E-state index in [2.05, 4.69) is 15.7 Å². The van der Waals surface area contributed by atoms with E-state index >= 15 is 0 Å². The molecule has 0 bridgehead atoms. The minimum atomic E-state index is -0.483. The Balaban J connectivity index is 1.46. The number of halogens is 1. The number of ether oxygens (including phenoxy) is 2. The van der Waals surface area contributed by atoms with Gasteiger partial charge in [-0.1, -0.05) is 49.7 Å². The topological polar surface area (TPSA) is 94.5 Å². The molecule has 9 heteroatoms. The Morgan fingerprint density at radius 1 is 0.973 bits per heavy atom. The third-order valence-corrected chi connectivity index (χ3v) is 6.58. The van der Waals surface area contributed by atoms with Gasteiger partial charge in [0.2, 0.25) is 0 Å². The first-order chi connectivity index (χ1) is 17.6. The van der Waals surface area contributed by atoms with Crippen LogP contribution in [0.25, 0.3) is 10.9 Å². The zero-order valence-electron chi connectivity index (χ0n) is 21.4. The Labute approximate surface area is 220 Å². The molecule has 1 heterocycles. The van der Waals surface area contributed by atoms with Crippen LogP contribution in [-0.4, -0.2) is 42.4 Å². The van der Waals surface area contributed by atoms with Crippen molar-refractivity contribution < 1.29 is 19.1 Å². The van der Waals surface area contributed by atoms with Gasteiger partial charge < -0.3 is 20.1 Å². The van der Waals surface area contributed by atoms with Crippen LogP contribution in [0.3, 0.4) is 0 Å². The number of fused-ring (bicyclic) bond motifs is 1. The van der Waals surface area contributed by atoms with Gasteiger partial charge in [-0.3, -0.25) is 14.3 Å². The normalized spacial score (nSPS) is 11.3. The number of benzene rings is 3. The lowest BCUT2D eigenvalue weighted by molar-refractivity contribution is 0.0940. The Bertz CT molecular complexity index is 1480. The fraction of sp³-hybridized carbons (Fsp3) is 0.250. The summed E-state index contributed by atoms with van der Waals surface area (Å²) < 4.78 is 12.2. The quantitative estimate of drug-likeness (QED) is 0.333. The third-order valence-electron chi connectivity index (χ3n) is 6.27. The largest absolute Gasteiger partial charge is 0.493 e. The van der Waals surface area contributed by atoms with Crippen molar-refractivity contribution in [2.75, 3.05) is 26.1 Å². The van der Waals surface area contributed by atoms with Gasteiger partial charge in [0.25, 0.3) is 11.8 Å². The number of methoxy groups -OCH3 is 2. The molecule has 0 unspecified atom stereocenters. The number of rotatable bonds is 8. The van der Waals surface area contributed by atoms with Crippen LogP contribution in [0.4, 0.5) is 5.69 Å². The molecule has 0 atom stereocenters. The average molecular weight is 521 g/mol. The van der Waals surface area contributed by atoms with E-state index in [1.807, 2.05) is 51.2 Å². The maximum atomic E-state index is 12.9. The number of carbonyl (C=O) groups is 2. The third kappa shape index (κ3) is 5.39. The maximum absolute atomic E-state index is 12.9. The predicted molar refractivity (Wildman–Crippen MR) is 145 cm³/mol. The number of para-hydroxylation sites is 1. The van der Waals surface area contributed by atoms with E-state index in [0.29, 0.717) is 40.0 Å². The second kappa shape index (κ2) is 10.5. The van der Waals surface area contributed by atoms with E-state index in [4.69, 9.17) is 21.1 Å². The van der Waals surface area contributed by atoms with Crippen LogP contribution in [0.1, 0.15) is 40.3 Å². The molecule has 4 aromatic rings. The Hall–Kier alpha value is -4.04. The lowest BCUT2D eigenvalue weighted by Crippen LogP contribution is -2.37. The molecule has 37 heavy (non-hydrogen) atoms. The van der Waals surface area contributed by atoms with Crippen LogP contribution in [-0.2, 0) is 12.5 Å². The van der Waals surface area contributed by atoms with Crippen molar-refractivity contribution in [1.82, 2.24) is 15.1 Å². The Morgan fingerprint density at radius 2 is 1.70 bits per heavy atom. The summed E-state index contributed by atoms with van der Waals surface area (Å²) in [5.74, 6) is 0.446. The second-order valence-electron chi connectivity index (χ2n) is 9.27. The fourth-order valence-electron chi connectivity index (χ4n) is 4.18. The van der Waals surface area contributed by atoms with Crippen molar-refractivity contribution in [3.63, 3.8) is 0 Å². The highest BCUT2D eigenvalue weighted by Crippen LogP contribution is 2.32. The van der Waals surface area contributed by atoms with Crippen molar-refractivity contribution in [2.45, 2.75) is 19.3 Å². The summed E-state index contributed by atoms with van der Waals surface area (Å²) in [6.07, 6.45) is 0. The van der Waals surface area contributed by atoms with Crippen LogP contribution < -0.4 is 20.1 Å². The molecule has 0 saturated heterocycles. The molecule has 1 aromatic heterocycles. The summed E-state index contributed by atoms with van der Waals surface area (Å²) in [5, 5.41) is 11.5. The SMILES string of the molecule is COc1ccc(C(=O)Nc2ccc(C(C)(C)CNC(=O)c3nn(C)c4ccccc34)c(Cl)c2)cc1OC. The molecule has 0 fully saturated rings. The van der Waals surface area contributed by atoms with Gasteiger partial charge in [0.15, 0.2) is 17.2 Å². The molecule has 0 radical (unpaired) electrons. The summed E-state index contributed by atoms with van der Waals surface area (Å²) in [5.41, 5.74) is 2.60. The summed E-state index contributed by atoms with van der Waals surface area (Å²) in [6.45, 7) is 4.33. The van der Waals surface area contributed by atoms with Gasteiger partial charge in [0, 0.05) is 40.7 Å². The number of aryl methyl sites for hydroxylation is 1. The molecule has 0 aliphatic rings. The van der Waals surface area contributed by atoms with E-state index in [1.54, 1.807) is 35.0 Å². The molecule has 0 saturated carbocycles. The van der Waals surface area contributed by atoms with Gasteiger partial charge in [-0.15, -0.1) is 0 Å². The number of carbonyl (C=O) groups excluding carboxylic acids is 2. The van der Waals surface area contributed by atoms with E-state index in [0.717, 1.165) is 16.5 Å². The second-order valence-corrected chi connectivity index (χ2v) is 9.68. The van der Waals surface area contributed by atoms with Gasteiger partial charge in [0.05, 0.1) is 19.7 Å². The van der Waals surface area contributed by atoms with Gasteiger partial charge in [-0.25, -0.2) is 0 Å². The molecule has 2 amide bonds. The molecule has 4 rings (SSSR count). The monoisotopic (exact) mass is 520 g/mol. The first kappa shape index (κ1) is 26.0. The van der Waals surface area contributed by atoms with Crippen molar-refractivity contribution in [3.05, 3.63) is 82.5 Å². The maximum Gasteiger partial charge on any atom is 0.272 e. The summed E-state index contributed by atoms with van der Waals surface area (Å²) in [6, 6.07) is 17.9. The highest BCUT2D eigenvalue weighted by molar-refractivity contribution is 6.32. The lowest BCUT2D eigenvalue weighted by Gasteiger charge is -2.27. The number of amides is 2. The summed E-state index contributed by atoms with van der Waals surface area (Å²) in [7, 11) is 4.86. The highest BCUT2D eigenvalue weighted by Gasteiger charge is 2.26. The average Bonchev–Trinajstić information content (AvgIpc) is 3.23. The highest BCUT2D eigenvalue weighted by atomic mass is 35.5. The molecule has 2 N–H and O–H groups in total. The van der Waals surface area contributed by atoms with Gasteiger partial charge in [-0.2, -0.15) is 5.10 Å². The molecule has 192 valence electrons. The van der Waals surface area contributed by atoms with Gasteiger partial charge in [-0.05, 0) is 42.0 Å². The molecular formula is C28H29ClN4O4. The summed E-state index contributed by atoms with van der Waals surface area (Å²) >= 11 is 6.63. The van der Waals surface area contributed by atoms with Gasteiger partial charge >= 0.3 is 0 Å². The number of anilines is 1. The van der Waals surface area contributed by atoms with Crippen LogP contribution in [0.5, 0.6) is 11.5 Å². The standard InChI is InChI=1S/C28H29ClN4O4/c1-28(2,16-30-27(35)25-19-8-6-7-9-22(19)33(3)32-25)20-12-11-18(15-21(20)29)31-26(34)17-10-13-23(36-4)24(14-17)37-5/h6-15H,16H2,1-5H3,(H,30,35)(H,31,34). The molecule has 0 aliphatic heterocycles. The van der Waals surface area contributed by atoms with E-state index in [9.17, 15) is 9.59 Å². The number of hydrogen-bond donors (Lipinski definition) is 2. The van der Waals surface area contributed by atoms with Crippen LogP contribution in [0, 0.1) is 0 Å². The number of aromatic nitrogens is 2. The van der Waals surface area contributed by atoms with Crippen molar-refractivity contribution in [3.8, 4) is 11.5 Å². The predicted octanol–water partition coefficient (Wildman–Crippen LogP) is 5.20. The first-order valence-electron chi connectivity index (χ1n) is 11.7. The van der Waals surface area contributed by atoms with Crippen molar-refractivity contribution in [1.29, 1.82) is 0 Å². The minimum Gasteiger partial charge on any atom is -0.493 e. The zero-order valence-corrected chi connectivity index (χ0v) is 22.1. The molecule has 0 spiro atoms. The summed E-state index contributed by atoms with van der Waals surface area (Å²) in [4.78, 5) is 25.7. The van der Waals surface area contributed by atoms with Crippen LogP contribution in [0.15, 0.2) is 60.7 Å². The van der Waals surface area contributed by atoms with E-state index < -0.39 is 5.41 Å². The number of nitrogens with zero attached hydrogens (tertiary/aromatic N) is 2. The lowest BCUT2D eigenvalue weighted by atomic mass is 9.84. The number of hydrogen-bond acceptors (Lipinski definition) is 5. The zero-order chi connectivity index (χ0) is 26.7. The van der Waals surface area contributed by atoms with Gasteiger partial charge in [0.1, 0.15) is 0 Å². The smallest absolute Gasteiger partial charge is 0.272 e. The molecular weight excluding hydrogens is 492 g/mol. The molecule has 0 aliphatic carbocycles. The first-order valence-corrected chi connectivity index (χ1v) is 12.1. The van der Waals surface area contributed by atoms with E-state index in [1.165, 1.54) is 14.2 Å². The van der Waals surface area contributed by atoms with Crippen molar-refractivity contribution >= 4 is 40.0 Å². The minimum absolute atomic E-state index is 0.250. The molecule has 8 nitrogen and oxygen atoms in total. The fourth-order valence-corrected chi connectivity index (χ4v) is 4.62. The van der Waals surface area contributed by atoms with Crippen molar-refractivity contribution in [2.24, 2.45) is 7.05 Å². The Kier molecular flexibility index (Phi) is 7.40. The van der Waals surface area contributed by atoms with E-state index in [-0.39, 0.29) is 11.8 Å². The van der Waals surface area contributed by atoms with Crippen LogP contribution in [0.2, 0.25) is 5.02 Å². The number of nitrogens with one attached hydrogen (secondary N) is 2. The van der Waals surface area contributed by atoms with Crippen LogP contribution >= 0.6 is 11.6 Å². The Morgan fingerprint density at radius 3 is 2.41 bits per heavy atom. The molecule has 3 aromatic carbocycles.